The molecule has 1 N–H and O–H groups in total. The summed E-state index contributed by atoms with van der Waals surface area (Å²) in [6.07, 6.45) is 3.04. The highest BCUT2D eigenvalue weighted by Crippen LogP contribution is 2.37. The lowest BCUT2D eigenvalue weighted by molar-refractivity contribution is 0.0434. The molecule has 4 nitrogen and oxygen atoms in total. The molecular weight excluding hydrogens is 210 g/mol. The summed E-state index contributed by atoms with van der Waals surface area (Å²) in [4.78, 5) is 4.21. The molecule has 0 radical (unpaired) electrons. The third-order valence-electron chi connectivity index (χ3n) is 3.12. The molecule has 0 spiro atoms. The quantitative estimate of drug-likeness (QED) is 0.840. The molecule has 0 amide bonds. The van der Waals surface area contributed by atoms with Crippen molar-refractivity contribution in [2.75, 3.05) is 5.75 Å². The molecule has 1 fully saturated rings. The van der Waals surface area contributed by atoms with Gasteiger partial charge in [0.05, 0.1) is 5.60 Å². The van der Waals surface area contributed by atoms with Crippen molar-refractivity contribution < 1.29 is 5.11 Å². The van der Waals surface area contributed by atoms with E-state index < -0.39 is 5.60 Å². The van der Waals surface area contributed by atoms with E-state index >= 15 is 0 Å². The Kier molecular flexibility index (Phi) is 3.02. The zero-order chi connectivity index (χ0) is 10.9. The van der Waals surface area contributed by atoms with Gasteiger partial charge in [0.15, 0.2) is 0 Å². The number of hydrogen-bond donors (Lipinski definition) is 1. The molecule has 5 heteroatoms. The van der Waals surface area contributed by atoms with Gasteiger partial charge in [0.2, 0.25) is 0 Å². The van der Waals surface area contributed by atoms with Gasteiger partial charge in [-0.3, -0.25) is 4.68 Å². The van der Waals surface area contributed by atoms with Crippen LogP contribution in [-0.2, 0) is 13.0 Å². The number of thioether (sulfide) groups is 1. The number of rotatable bonds is 3. The van der Waals surface area contributed by atoms with Crippen LogP contribution in [0.4, 0.5) is 0 Å². The molecule has 1 saturated heterocycles. The minimum Gasteiger partial charge on any atom is -0.388 e. The third kappa shape index (κ3) is 2.03. The number of hydrogen-bond acceptors (Lipinski definition) is 4. The summed E-state index contributed by atoms with van der Waals surface area (Å²) in [6, 6.07) is 0. The van der Waals surface area contributed by atoms with Gasteiger partial charge in [-0.05, 0) is 19.1 Å². The van der Waals surface area contributed by atoms with Crippen LogP contribution in [-0.4, -0.2) is 36.5 Å². The molecule has 0 aliphatic carbocycles. The second-order valence-corrected chi connectivity index (χ2v) is 5.48. The van der Waals surface area contributed by atoms with Crippen molar-refractivity contribution >= 4 is 11.8 Å². The first-order valence-corrected chi connectivity index (χ1v) is 6.41. The van der Waals surface area contributed by atoms with Crippen LogP contribution in [0.5, 0.6) is 0 Å². The monoisotopic (exact) mass is 227 g/mol. The van der Waals surface area contributed by atoms with E-state index in [9.17, 15) is 5.11 Å². The predicted molar refractivity (Wildman–Crippen MR) is 60.9 cm³/mol. The lowest BCUT2D eigenvalue weighted by Crippen LogP contribution is -2.38. The van der Waals surface area contributed by atoms with Gasteiger partial charge >= 0.3 is 0 Å². The molecule has 2 heterocycles. The largest absolute Gasteiger partial charge is 0.388 e. The third-order valence-corrected chi connectivity index (χ3v) is 4.50. The zero-order valence-electron chi connectivity index (χ0n) is 9.18. The standard InChI is InChI=1S/C10H17N3OS/c1-3-13-9(11-7-12-13)6-10(14)4-5-15-8(10)2/h7-8,14H,3-6H2,1-2H3. The smallest absolute Gasteiger partial charge is 0.138 e. The van der Waals surface area contributed by atoms with Gasteiger partial charge in [0.1, 0.15) is 12.2 Å². The summed E-state index contributed by atoms with van der Waals surface area (Å²) in [5, 5.41) is 14.9. The Balaban J connectivity index is 2.14. The van der Waals surface area contributed by atoms with E-state index in [0.29, 0.717) is 11.7 Å². The van der Waals surface area contributed by atoms with Gasteiger partial charge in [0, 0.05) is 18.2 Å². The fourth-order valence-electron chi connectivity index (χ4n) is 1.97. The minimum atomic E-state index is -0.593. The lowest BCUT2D eigenvalue weighted by atomic mass is 9.93. The molecule has 0 bridgehead atoms. The molecule has 1 aliphatic heterocycles. The molecule has 15 heavy (non-hydrogen) atoms. The Labute approximate surface area is 94.1 Å². The molecule has 84 valence electrons. The summed E-state index contributed by atoms with van der Waals surface area (Å²) < 4.78 is 1.85. The van der Waals surface area contributed by atoms with E-state index in [2.05, 4.69) is 17.0 Å². The molecule has 0 aromatic carbocycles. The lowest BCUT2D eigenvalue weighted by Gasteiger charge is -2.26. The summed E-state index contributed by atoms with van der Waals surface area (Å²) in [5.41, 5.74) is -0.593. The van der Waals surface area contributed by atoms with Crippen molar-refractivity contribution in [3.05, 3.63) is 12.2 Å². The SMILES string of the molecule is CCn1ncnc1CC1(O)CCSC1C. The van der Waals surface area contributed by atoms with Crippen LogP contribution in [0, 0.1) is 0 Å². The van der Waals surface area contributed by atoms with Crippen molar-refractivity contribution in [2.24, 2.45) is 0 Å². The Morgan fingerprint density at radius 3 is 3.13 bits per heavy atom. The molecule has 1 aromatic heterocycles. The highest BCUT2D eigenvalue weighted by atomic mass is 32.2. The fraction of sp³-hybridized carbons (Fsp3) is 0.800. The van der Waals surface area contributed by atoms with E-state index in [4.69, 9.17) is 0 Å². The van der Waals surface area contributed by atoms with Gasteiger partial charge in [-0.2, -0.15) is 16.9 Å². The van der Waals surface area contributed by atoms with Crippen LogP contribution >= 0.6 is 11.8 Å². The average molecular weight is 227 g/mol. The second kappa shape index (κ2) is 4.14. The molecule has 1 aliphatic rings. The molecule has 2 atom stereocenters. The van der Waals surface area contributed by atoms with Crippen molar-refractivity contribution in [2.45, 2.75) is 44.1 Å². The predicted octanol–water partition coefficient (Wildman–Crippen LogP) is 1.10. The Bertz CT molecular complexity index is 341. The Morgan fingerprint density at radius 1 is 1.73 bits per heavy atom. The maximum Gasteiger partial charge on any atom is 0.138 e. The zero-order valence-corrected chi connectivity index (χ0v) is 10.00. The van der Waals surface area contributed by atoms with E-state index in [0.717, 1.165) is 24.5 Å². The van der Waals surface area contributed by atoms with Gasteiger partial charge in [0.25, 0.3) is 0 Å². The van der Waals surface area contributed by atoms with Gasteiger partial charge < -0.3 is 5.11 Å². The molecular formula is C10H17N3OS. The van der Waals surface area contributed by atoms with E-state index in [1.54, 1.807) is 6.33 Å². The van der Waals surface area contributed by atoms with Crippen molar-refractivity contribution in [1.29, 1.82) is 0 Å². The fourth-order valence-corrected chi connectivity index (χ4v) is 3.30. The summed E-state index contributed by atoms with van der Waals surface area (Å²) in [6.45, 7) is 4.94. The van der Waals surface area contributed by atoms with Gasteiger partial charge in [-0.1, -0.05) is 6.92 Å². The molecule has 1 aromatic rings. The first-order valence-electron chi connectivity index (χ1n) is 5.36. The summed E-state index contributed by atoms with van der Waals surface area (Å²) in [7, 11) is 0. The normalized spacial score (nSPS) is 31.0. The number of aromatic nitrogens is 3. The minimum absolute atomic E-state index is 0.291. The van der Waals surface area contributed by atoms with Crippen molar-refractivity contribution in [1.82, 2.24) is 14.8 Å². The maximum absolute atomic E-state index is 10.4. The van der Waals surface area contributed by atoms with E-state index in [-0.39, 0.29) is 0 Å². The molecule has 0 saturated carbocycles. The van der Waals surface area contributed by atoms with Crippen molar-refractivity contribution in [3.63, 3.8) is 0 Å². The maximum atomic E-state index is 10.4. The van der Waals surface area contributed by atoms with Crippen LogP contribution in [0.15, 0.2) is 6.33 Å². The highest BCUT2D eigenvalue weighted by Gasteiger charge is 2.40. The first-order chi connectivity index (χ1) is 7.15. The van der Waals surface area contributed by atoms with E-state index in [1.165, 1.54) is 0 Å². The van der Waals surface area contributed by atoms with Gasteiger partial charge in [-0.25, -0.2) is 4.98 Å². The van der Waals surface area contributed by atoms with Crippen LogP contribution < -0.4 is 0 Å². The van der Waals surface area contributed by atoms with Crippen LogP contribution in [0.25, 0.3) is 0 Å². The number of nitrogens with zero attached hydrogens (tertiary/aromatic N) is 3. The number of aliphatic hydroxyl groups is 1. The van der Waals surface area contributed by atoms with Crippen molar-refractivity contribution in [3.8, 4) is 0 Å². The topological polar surface area (TPSA) is 50.9 Å². The molecule has 2 unspecified atom stereocenters. The number of aryl methyl sites for hydroxylation is 1. The van der Waals surface area contributed by atoms with E-state index in [1.807, 2.05) is 23.4 Å². The highest BCUT2D eigenvalue weighted by molar-refractivity contribution is 8.00. The van der Waals surface area contributed by atoms with Gasteiger partial charge in [-0.15, -0.1) is 0 Å². The van der Waals surface area contributed by atoms with Crippen LogP contribution in [0.2, 0.25) is 0 Å². The van der Waals surface area contributed by atoms with Crippen LogP contribution in [0.1, 0.15) is 26.1 Å². The first kappa shape index (κ1) is 11.0. The molecule has 2 rings (SSSR count). The van der Waals surface area contributed by atoms with Crippen LogP contribution in [0.3, 0.4) is 0 Å². The average Bonchev–Trinajstić information content (AvgIpc) is 2.76. The summed E-state index contributed by atoms with van der Waals surface area (Å²) >= 11 is 1.83. The summed E-state index contributed by atoms with van der Waals surface area (Å²) in [5.74, 6) is 1.94. The Morgan fingerprint density at radius 2 is 2.53 bits per heavy atom. The second-order valence-electron chi connectivity index (χ2n) is 4.04. The Hall–Kier alpha value is -0.550.